The largest absolute Gasteiger partial charge is 0.494 e. The molecular formula is C11H15NO6S. The summed E-state index contributed by atoms with van der Waals surface area (Å²) in [7, 11) is -3.99. The monoisotopic (exact) mass is 289 g/mol. The summed E-state index contributed by atoms with van der Waals surface area (Å²) in [5, 5.41) is 17.5. The van der Waals surface area contributed by atoms with Crippen LogP contribution < -0.4 is 9.46 Å². The van der Waals surface area contributed by atoms with Crippen LogP contribution >= 0.6 is 0 Å². The first-order valence-electron chi connectivity index (χ1n) is 5.49. The van der Waals surface area contributed by atoms with Gasteiger partial charge in [0.25, 0.3) is 0 Å². The molecule has 0 heterocycles. The Kier molecular flexibility index (Phi) is 5.28. The van der Waals surface area contributed by atoms with E-state index in [9.17, 15) is 13.2 Å². The van der Waals surface area contributed by atoms with E-state index in [1.54, 1.807) is 6.92 Å². The molecule has 0 radical (unpaired) electrons. The van der Waals surface area contributed by atoms with E-state index in [2.05, 4.69) is 0 Å². The van der Waals surface area contributed by atoms with Crippen LogP contribution in [0.2, 0.25) is 0 Å². The Morgan fingerprint density at radius 1 is 1.37 bits per heavy atom. The lowest BCUT2D eigenvalue weighted by molar-refractivity contribution is -0.139. The highest BCUT2D eigenvalue weighted by molar-refractivity contribution is 7.89. The molecule has 0 saturated heterocycles. The molecule has 0 aliphatic rings. The van der Waals surface area contributed by atoms with Gasteiger partial charge in [-0.2, -0.15) is 4.72 Å². The zero-order chi connectivity index (χ0) is 14.5. The molecule has 0 spiro atoms. The predicted molar refractivity (Wildman–Crippen MR) is 66.4 cm³/mol. The van der Waals surface area contributed by atoms with Crippen molar-refractivity contribution in [3.8, 4) is 5.75 Å². The Bertz CT molecular complexity index is 525. The summed E-state index contributed by atoms with van der Waals surface area (Å²) >= 11 is 0. The van der Waals surface area contributed by atoms with Crippen molar-refractivity contribution in [2.24, 2.45) is 0 Å². The van der Waals surface area contributed by atoms with Gasteiger partial charge in [0.15, 0.2) is 0 Å². The molecule has 0 saturated carbocycles. The number of aliphatic carboxylic acids is 1. The lowest BCUT2D eigenvalue weighted by atomic mass is 10.3. The van der Waals surface area contributed by atoms with Gasteiger partial charge < -0.3 is 14.9 Å². The summed E-state index contributed by atoms with van der Waals surface area (Å²) in [6, 6.07) is 3.95. The Morgan fingerprint density at radius 2 is 1.95 bits per heavy atom. The maximum Gasteiger partial charge on any atom is 0.324 e. The van der Waals surface area contributed by atoms with Crippen molar-refractivity contribution in [3.05, 3.63) is 24.3 Å². The van der Waals surface area contributed by atoms with Gasteiger partial charge in [-0.15, -0.1) is 0 Å². The van der Waals surface area contributed by atoms with E-state index in [1.807, 2.05) is 4.72 Å². The molecule has 3 N–H and O–H groups in total. The maximum atomic E-state index is 11.8. The standard InChI is InChI=1S/C11H15NO6S/c1-2-18-8-3-5-9(6-4-8)19(16,17)12-10(7-13)11(14)15/h3-6,10,12-13H,2,7H2,1H3,(H,14,15)/t10-/m0/s1. The molecule has 1 aromatic carbocycles. The molecule has 0 bridgehead atoms. The van der Waals surface area contributed by atoms with E-state index in [4.69, 9.17) is 14.9 Å². The number of aliphatic hydroxyl groups is 1. The van der Waals surface area contributed by atoms with Crippen LogP contribution in [-0.4, -0.2) is 43.9 Å². The Labute approximate surface area is 110 Å². The van der Waals surface area contributed by atoms with Crippen molar-refractivity contribution >= 4 is 16.0 Å². The lowest BCUT2D eigenvalue weighted by Gasteiger charge is -2.12. The van der Waals surface area contributed by atoms with Crippen LogP contribution in [0.4, 0.5) is 0 Å². The minimum Gasteiger partial charge on any atom is -0.494 e. The molecule has 19 heavy (non-hydrogen) atoms. The zero-order valence-electron chi connectivity index (χ0n) is 10.2. The van der Waals surface area contributed by atoms with Crippen molar-refractivity contribution in [2.75, 3.05) is 13.2 Å². The third kappa shape index (κ3) is 4.19. The molecule has 0 aliphatic heterocycles. The summed E-state index contributed by atoms with van der Waals surface area (Å²) in [4.78, 5) is 10.6. The number of benzene rings is 1. The molecule has 7 nitrogen and oxygen atoms in total. The van der Waals surface area contributed by atoms with Gasteiger partial charge in [0.05, 0.1) is 18.1 Å². The quantitative estimate of drug-likeness (QED) is 0.641. The van der Waals surface area contributed by atoms with E-state index < -0.39 is 28.6 Å². The van der Waals surface area contributed by atoms with Crippen molar-refractivity contribution < 1.29 is 28.2 Å². The number of carboxylic acid groups (broad SMARTS) is 1. The predicted octanol–water partition coefficient (Wildman–Crippen LogP) is -0.191. The fraction of sp³-hybridized carbons (Fsp3) is 0.364. The van der Waals surface area contributed by atoms with E-state index in [-0.39, 0.29) is 4.90 Å². The van der Waals surface area contributed by atoms with Gasteiger partial charge in [-0.3, -0.25) is 4.79 Å². The third-order valence-corrected chi connectivity index (χ3v) is 3.71. The van der Waals surface area contributed by atoms with Crippen molar-refractivity contribution in [1.29, 1.82) is 0 Å². The summed E-state index contributed by atoms with van der Waals surface area (Å²) in [5.74, 6) is -0.935. The second kappa shape index (κ2) is 6.50. The first-order valence-corrected chi connectivity index (χ1v) is 6.98. The van der Waals surface area contributed by atoms with Gasteiger partial charge in [0, 0.05) is 0 Å². The van der Waals surface area contributed by atoms with Gasteiger partial charge in [-0.05, 0) is 31.2 Å². The van der Waals surface area contributed by atoms with E-state index in [0.29, 0.717) is 12.4 Å². The van der Waals surface area contributed by atoms with Crippen LogP contribution in [0.3, 0.4) is 0 Å². The highest BCUT2D eigenvalue weighted by Crippen LogP contribution is 2.16. The van der Waals surface area contributed by atoms with Crippen molar-refractivity contribution in [2.45, 2.75) is 17.9 Å². The summed E-state index contributed by atoms with van der Waals surface area (Å²) in [6.45, 7) is 1.42. The van der Waals surface area contributed by atoms with Crippen LogP contribution in [0.5, 0.6) is 5.75 Å². The van der Waals surface area contributed by atoms with Gasteiger partial charge in [-0.25, -0.2) is 8.42 Å². The number of carboxylic acids is 1. The highest BCUT2D eigenvalue weighted by atomic mass is 32.2. The first-order chi connectivity index (χ1) is 8.90. The number of carbonyl (C=O) groups is 1. The Morgan fingerprint density at radius 3 is 2.37 bits per heavy atom. The summed E-state index contributed by atoms with van der Waals surface area (Å²) in [5.41, 5.74) is 0. The van der Waals surface area contributed by atoms with Crippen LogP contribution in [0.25, 0.3) is 0 Å². The van der Waals surface area contributed by atoms with Crippen LogP contribution in [0, 0.1) is 0 Å². The molecule has 0 fully saturated rings. The maximum absolute atomic E-state index is 11.8. The fourth-order valence-electron chi connectivity index (χ4n) is 1.30. The number of rotatable bonds is 7. The molecule has 0 amide bonds. The normalized spacial score (nSPS) is 12.9. The van der Waals surface area contributed by atoms with Gasteiger partial charge in [0.1, 0.15) is 11.8 Å². The zero-order valence-corrected chi connectivity index (χ0v) is 11.1. The first kappa shape index (κ1) is 15.4. The van der Waals surface area contributed by atoms with E-state index in [1.165, 1.54) is 24.3 Å². The van der Waals surface area contributed by atoms with Gasteiger partial charge in [0.2, 0.25) is 10.0 Å². The number of hydrogen-bond donors (Lipinski definition) is 3. The number of aliphatic hydroxyl groups excluding tert-OH is 1. The Balaban J connectivity index is 2.90. The number of nitrogens with one attached hydrogen (secondary N) is 1. The second-order valence-electron chi connectivity index (χ2n) is 3.60. The average Bonchev–Trinajstić information content (AvgIpc) is 2.37. The number of sulfonamides is 1. The molecule has 1 aromatic rings. The molecular weight excluding hydrogens is 274 g/mol. The van der Waals surface area contributed by atoms with Gasteiger partial charge >= 0.3 is 5.97 Å². The smallest absolute Gasteiger partial charge is 0.324 e. The molecule has 106 valence electrons. The molecule has 0 aromatic heterocycles. The van der Waals surface area contributed by atoms with E-state index >= 15 is 0 Å². The van der Waals surface area contributed by atoms with Crippen LogP contribution in [0.15, 0.2) is 29.2 Å². The van der Waals surface area contributed by atoms with Crippen molar-refractivity contribution in [3.63, 3.8) is 0 Å². The summed E-state index contributed by atoms with van der Waals surface area (Å²) < 4.78 is 30.8. The highest BCUT2D eigenvalue weighted by Gasteiger charge is 2.24. The second-order valence-corrected chi connectivity index (χ2v) is 5.31. The van der Waals surface area contributed by atoms with Gasteiger partial charge in [-0.1, -0.05) is 0 Å². The summed E-state index contributed by atoms with van der Waals surface area (Å²) in [6.07, 6.45) is 0. The Hall–Kier alpha value is -1.64. The minimum absolute atomic E-state index is 0.101. The molecule has 0 unspecified atom stereocenters. The number of hydrogen-bond acceptors (Lipinski definition) is 5. The lowest BCUT2D eigenvalue weighted by Crippen LogP contribution is -2.43. The fourth-order valence-corrected chi connectivity index (χ4v) is 2.48. The van der Waals surface area contributed by atoms with E-state index in [0.717, 1.165) is 0 Å². The van der Waals surface area contributed by atoms with Crippen LogP contribution in [-0.2, 0) is 14.8 Å². The number of ether oxygens (including phenoxy) is 1. The van der Waals surface area contributed by atoms with Crippen molar-refractivity contribution in [1.82, 2.24) is 4.72 Å². The molecule has 8 heteroatoms. The molecule has 1 rings (SSSR count). The minimum atomic E-state index is -3.99. The molecule has 0 aliphatic carbocycles. The molecule has 1 atom stereocenters. The SMILES string of the molecule is CCOc1ccc(S(=O)(=O)N[C@@H](CO)C(=O)O)cc1. The average molecular weight is 289 g/mol. The topological polar surface area (TPSA) is 113 Å². The van der Waals surface area contributed by atoms with Crippen LogP contribution in [0.1, 0.15) is 6.92 Å². The third-order valence-electron chi connectivity index (χ3n) is 2.22.